The van der Waals surface area contributed by atoms with Crippen LogP contribution in [-0.4, -0.2) is 22.1 Å². The lowest BCUT2D eigenvalue weighted by Crippen LogP contribution is -1.94. The largest absolute Gasteiger partial charge is 0.497 e. The van der Waals surface area contributed by atoms with Crippen LogP contribution in [0.1, 0.15) is 11.3 Å². The summed E-state index contributed by atoms with van der Waals surface area (Å²) in [6, 6.07) is 14.2. The van der Waals surface area contributed by atoms with Crippen molar-refractivity contribution >= 4 is 21.6 Å². The monoisotopic (exact) mass is 347 g/mol. The normalized spacial score (nSPS) is 10.9. The number of pyridine rings is 2. The van der Waals surface area contributed by atoms with Crippen LogP contribution in [0, 0.1) is 0 Å². The second-order valence-electron chi connectivity index (χ2n) is 5.75. The Morgan fingerprint density at radius 3 is 2.76 bits per heavy atom. The smallest absolute Gasteiger partial charge is 0.126 e. The molecule has 0 bridgehead atoms. The van der Waals surface area contributed by atoms with Crippen LogP contribution in [0.2, 0.25) is 0 Å². The van der Waals surface area contributed by atoms with Crippen LogP contribution in [0.3, 0.4) is 0 Å². The predicted octanol–water partition coefficient (Wildman–Crippen LogP) is 4.55. The molecule has 0 amide bonds. The van der Waals surface area contributed by atoms with Crippen molar-refractivity contribution in [1.82, 2.24) is 15.0 Å². The zero-order valence-electron chi connectivity index (χ0n) is 13.8. The van der Waals surface area contributed by atoms with Gasteiger partial charge in [0.2, 0.25) is 0 Å². The molecule has 0 aliphatic rings. The quantitative estimate of drug-likeness (QED) is 0.531. The topological polar surface area (TPSA) is 47.9 Å². The SMILES string of the molecule is COc1ccc2nc(-c3ccc(CCc4cccnc4)nc3)sc2c1. The number of nitrogens with zero attached hydrogens (tertiary/aromatic N) is 3. The third kappa shape index (κ3) is 3.51. The molecule has 0 unspecified atom stereocenters. The Morgan fingerprint density at radius 1 is 1.04 bits per heavy atom. The average Bonchev–Trinajstić information content (AvgIpc) is 3.10. The Bertz CT molecular complexity index is 981. The van der Waals surface area contributed by atoms with Gasteiger partial charge in [0.05, 0.1) is 17.3 Å². The molecule has 3 heterocycles. The van der Waals surface area contributed by atoms with Crippen molar-refractivity contribution in [3.63, 3.8) is 0 Å². The lowest BCUT2D eigenvalue weighted by molar-refractivity contribution is 0.415. The molecule has 0 aliphatic carbocycles. The molecule has 0 radical (unpaired) electrons. The first kappa shape index (κ1) is 15.7. The minimum atomic E-state index is 0.853. The second-order valence-corrected chi connectivity index (χ2v) is 6.78. The fraction of sp³-hybridized carbons (Fsp3) is 0.150. The van der Waals surface area contributed by atoms with Gasteiger partial charge in [-0.15, -0.1) is 11.3 Å². The number of aryl methyl sites for hydroxylation is 2. The number of hydrogen-bond acceptors (Lipinski definition) is 5. The van der Waals surface area contributed by atoms with Crippen LogP contribution in [0.5, 0.6) is 5.75 Å². The average molecular weight is 347 g/mol. The molecule has 5 heteroatoms. The zero-order valence-corrected chi connectivity index (χ0v) is 14.7. The molecule has 0 saturated carbocycles. The van der Waals surface area contributed by atoms with Crippen LogP contribution >= 0.6 is 11.3 Å². The molecule has 0 atom stereocenters. The summed E-state index contributed by atoms with van der Waals surface area (Å²) in [7, 11) is 1.68. The van der Waals surface area contributed by atoms with Crippen LogP contribution in [0.15, 0.2) is 61.1 Å². The minimum absolute atomic E-state index is 0.853. The van der Waals surface area contributed by atoms with E-state index in [9.17, 15) is 0 Å². The highest BCUT2D eigenvalue weighted by Gasteiger charge is 2.08. The van der Waals surface area contributed by atoms with Crippen molar-refractivity contribution in [2.24, 2.45) is 0 Å². The molecule has 3 aromatic heterocycles. The second kappa shape index (κ2) is 6.99. The van der Waals surface area contributed by atoms with Crippen LogP contribution < -0.4 is 4.74 Å². The van der Waals surface area contributed by atoms with Crippen LogP contribution in [-0.2, 0) is 12.8 Å². The number of rotatable bonds is 5. The highest BCUT2D eigenvalue weighted by Crippen LogP contribution is 2.32. The molecule has 4 aromatic rings. The van der Waals surface area contributed by atoms with Gasteiger partial charge in [0.1, 0.15) is 10.8 Å². The summed E-state index contributed by atoms with van der Waals surface area (Å²) < 4.78 is 6.40. The molecule has 1 aromatic carbocycles. The van der Waals surface area contributed by atoms with Crippen molar-refractivity contribution in [2.45, 2.75) is 12.8 Å². The maximum Gasteiger partial charge on any atom is 0.126 e. The first-order valence-electron chi connectivity index (χ1n) is 8.10. The molecule has 124 valence electrons. The molecule has 4 nitrogen and oxygen atoms in total. The fourth-order valence-corrected chi connectivity index (χ4v) is 3.66. The van der Waals surface area contributed by atoms with Gasteiger partial charge in [-0.3, -0.25) is 9.97 Å². The molecule has 25 heavy (non-hydrogen) atoms. The first-order chi connectivity index (χ1) is 12.3. The van der Waals surface area contributed by atoms with Crippen LogP contribution in [0.4, 0.5) is 0 Å². The Hall–Kier alpha value is -2.79. The summed E-state index contributed by atoms with van der Waals surface area (Å²) in [6.45, 7) is 0. The number of aromatic nitrogens is 3. The molecule has 0 aliphatic heterocycles. The summed E-state index contributed by atoms with van der Waals surface area (Å²) in [5, 5.41) is 0.981. The number of benzene rings is 1. The van der Waals surface area contributed by atoms with Gasteiger partial charge in [-0.1, -0.05) is 6.07 Å². The number of methoxy groups -OCH3 is 1. The van der Waals surface area contributed by atoms with Gasteiger partial charge in [-0.05, 0) is 54.8 Å². The number of thiazole rings is 1. The van der Waals surface area contributed by atoms with E-state index in [0.29, 0.717) is 0 Å². The van der Waals surface area contributed by atoms with Crippen molar-refractivity contribution < 1.29 is 4.74 Å². The molecule has 4 rings (SSSR count). The molecular weight excluding hydrogens is 330 g/mol. The molecule has 0 N–H and O–H groups in total. The van der Waals surface area contributed by atoms with Crippen molar-refractivity contribution in [1.29, 1.82) is 0 Å². The van der Waals surface area contributed by atoms with E-state index in [1.165, 1.54) is 5.56 Å². The molecule has 0 spiro atoms. The Kier molecular flexibility index (Phi) is 4.39. The van der Waals surface area contributed by atoms with E-state index < -0.39 is 0 Å². The standard InChI is InChI=1S/C20H17N3OS/c1-24-17-8-9-18-19(11-17)25-20(23-18)15-5-7-16(22-13-15)6-4-14-3-2-10-21-12-14/h2-3,5,7-13H,4,6H2,1H3. The maximum absolute atomic E-state index is 5.28. The van der Waals surface area contributed by atoms with Gasteiger partial charge in [0.25, 0.3) is 0 Å². The van der Waals surface area contributed by atoms with Crippen molar-refractivity contribution in [3.8, 4) is 16.3 Å². The minimum Gasteiger partial charge on any atom is -0.497 e. The van der Waals surface area contributed by atoms with E-state index >= 15 is 0 Å². The summed E-state index contributed by atoms with van der Waals surface area (Å²) in [6.07, 6.45) is 7.46. The van der Waals surface area contributed by atoms with E-state index in [1.807, 2.05) is 36.7 Å². The third-order valence-electron chi connectivity index (χ3n) is 4.06. The Morgan fingerprint density at radius 2 is 2.00 bits per heavy atom. The number of fused-ring (bicyclic) bond motifs is 1. The zero-order chi connectivity index (χ0) is 17.1. The fourth-order valence-electron chi connectivity index (χ4n) is 2.67. The van der Waals surface area contributed by atoms with Gasteiger partial charge in [-0.2, -0.15) is 0 Å². The molecule has 0 fully saturated rings. The van der Waals surface area contributed by atoms with E-state index in [0.717, 1.165) is 45.1 Å². The van der Waals surface area contributed by atoms with E-state index in [1.54, 1.807) is 24.6 Å². The Labute approximate surface area is 150 Å². The van der Waals surface area contributed by atoms with Gasteiger partial charge < -0.3 is 4.74 Å². The number of ether oxygens (including phenoxy) is 1. The summed E-state index contributed by atoms with van der Waals surface area (Å²) >= 11 is 1.66. The highest BCUT2D eigenvalue weighted by atomic mass is 32.1. The summed E-state index contributed by atoms with van der Waals surface area (Å²) in [5.41, 5.74) is 4.34. The first-order valence-corrected chi connectivity index (χ1v) is 8.92. The maximum atomic E-state index is 5.28. The van der Waals surface area contributed by atoms with Gasteiger partial charge in [0.15, 0.2) is 0 Å². The number of hydrogen-bond donors (Lipinski definition) is 0. The lowest BCUT2D eigenvalue weighted by atomic mass is 10.1. The van der Waals surface area contributed by atoms with E-state index in [-0.39, 0.29) is 0 Å². The van der Waals surface area contributed by atoms with Crippen molar-refractivity contribution in [3.05, 3.63) is 72.3 Å². The van der Waals surface area contributed by atoms with Crippen LogP contribution in [0.25, 0.3) is 20.8 Å². The lowest BCUT2D eigenvalue weighted by Gasteiger charge is -2.02. The summed E-state index contributed by atoms with van der Waals surface area (Å²) in [4.78, 5) is 13.4. The Balaban J connectivity index is 1.51. The van der Waals surface area contributed by atoms with E-state index in [4.69, 9.17) is 9.72 Å². The predicted molar refractivity (Wildman–Crippen MR) is 101 cm³/mol. The van der Waals surface area contributed by atoms with E-state index in [2.05, 4.69) is 28.2 Å². The van der Waals surface area contributed by atoms with Gasteiger partial charge in [-0.25, -0.2) is 4.98 Å². The highest BCUT2D eigenvalue weighted by molar-refractivity contribution is 7.21. The van der Waals surface area contributed by atoms with Gasteiger partial charge >= 0.3 is 0 Å². The summed E-state index contributed by atoms with van der Waals surface area (Å²) in [5.74, 6) is 0.853. The molecular formula is C20H17N3OS. The van der Waals surface area contributed by atoms with Gasteiger partial charge in [0, 0.05) is 29.8 Å². The molecule has 0 saturated heterocycles. The van der Waals surface area contributed by atoms with Crippen molar-refractivity contribution in [2.75, 3.05) is 7.11 Å². The third-order valence-corrected chi connectivity index (χ3v) is 5.13.